The second kappa shape index (κ2) is 7.45. The Morgan fingerprint density at radius 3 is 2.44 bits per heavy atom. The Morgan fingerprint density at radius 1 is 1.19 bits per heavy atom. The van der Waals surface area contributed by atoms with Crippen molar-refractivity contribution in [3.63, 3.8) is 0 Å². The van der Waals surface area contributed by atoms with E-state index in [-0.39, 0.29) is 11.5 Å². The summed E-state index contributed by atoms with van der Waals surface area (Å²) >= 11 is 5.74. The number of ether oxygens (including phenoxy) is 2. The Kier molecular flexibility index (Phi) is 5.24. The van der Waals surface area contributed by atoms with Crippen LogP contribution in [0.3, 0.4) is 0 Å². The van der Waals surface area contributed by atoms with E-state index in [0.717, 1.165) is 11.3 Å². The average Bonchev–Trinajstić information content (AvgIpc) is 2.94. The van der Waals surface area contributed by atoms with Crippen LogP contribution in [0.15, 0.2) is 42.2 Å². The highest BCUT2D eigenvalue weighted by atomic mass is 35.5. The van der Waals surface area contributed by atoms with Crippen LogP contribution in [0.4, 0.5) is 5.69 Å². The molecule has 0 radical (unpaired) electrons. The minimum atomic E-state index is -0.763. The van der Waals surface area contributed by atoms with Crippen LogP contribution >= 0.6 is 11.6 Å². The zero-order chi connectivity index (χ0) is 19.7. The molecule has 1 aliphatic rings. The molecule has 0 bridgehead atoms. The fourth-order valence-electron chi connectivity index (χ4n) is 2.69. The fraction of sp³-hybridized carbons (Fsp3) is 0.238. The molecule has 140 valence electrons. The minimum Gasteiger partial charge on any atom is -0.452 e. The summed E-state index contributed by atoms with van der Waals surface area (Å²) in [4.78, 5) is 26.4. The molecule has 0 aliphatic carbocycles. The number of carbonyl (C=O) groups excluding carboxylic acids is 2. The summed E-state index contributed by atoms with van der Waals surface area (Å²) in [5.74, 6) is 0.216. The predicted octanol–water partition coefficient (Wildman–Crippen LogP) is 4.21. The van der Waals surface area contributed by atoms with Crippen molar-refractivity contribution in [2.45, 2.75) is 19.2 Å². The minimum absolute atomic E-state index is 0.201. The molecule has 6 heteroatoms. The molecule has 0 saturated heterocycles. The summed E-state index contributed by atoms with van der Waals surface area (Å²) in [5, 5.41) is -0.763. The number of esters is 1. The number of hydrogen-bond acceptors (Lipinski definition) is 5. The lowest BCUT2D eigenvalue weighted by molar-refractivity contribution is -0.133. The number of fused-ring (bicyclic) bond motifs is 1. The van der Waals surface area contributed by atoms with Crippen LogP contribution in [-0.4, -0.2) is 31.2 Å². The molecule has 27 heavy (non-hydrogen) atoms. The zero-order valence-electron chi connectivity index (χ0n) is 15.6. The van der Waals surface area contributed by atoms with Crippen LogP contribution in [0.1, 0.15) is 28.4 Å². The number of anilines is 1. The fourth-order valence-corrected chi connectivity index (χ4v) is 2.73. The molecule has 2 aromatic carbocycles. The molecule has 3 rings (SSSR count). The van der Waals surface area contributed by atoms with Crippen molar-refractivity contribution in [3.05, 3.63) is 58.8 Å². The Balaban J connectivity index is 1.88. The largest absolute Gasteiger partial charge is 0.452 e. The first-order chi connectivity index (χ1) is 12.8. The van der Waals surface area contributed by atoms with Gasteiger partial charge in [0.15, 0.2) is 5.76 Å². The van der Waals surface area contributed by atoms with Crippen molar-refractivity contribution in [1.82, 2.24) is 0 Å². The van der Waals surface area contributed by atoms with E-state index < -0.39 is 11.3 Å². The van der Waals surface area contributed by atoms with E-state index in [1.165, 1.54) is 6.92 Å². The topological polar surface area (TPSA) is 55.8 Å². The van der Waals surface area contributed by atoms with Gasteiger partial charge in [0.05, 0.1) is 5.56 Å². The van der Waals surface area contributed by atoms with E-state index >= 15 is 0 Å². The number of hydrogen-bond donors (Lipinski definition) is 0. The van der Waals surface area contributed by atoms with E-state index in [2.05, 4.69) is 0 Å². The number of alkyl halides is 1. The monoisotopic (exact) mass is 385 g/mol. The molecule has 0 N–H and O–H groups in total. The number of ketones is 1. The lowest BCUT2D eigenvalue weighted by atomic mass is 10.1. The normalized spacial score (nSPS) is 15.3. The van der Waals surface area contributed by atoms with Gasteiger partial charge in [-0.05, 0) is 49.8 Å². The molecule has 0 saturated carbocycles. The van der Waals surface area contributed by atoms with Crippen LogP contribution in [0.5, 0.6) is 11.5 Å². The summed E-state index contributed by atoms with van der Waals surface area (Å²) < 4.78 is 11.1. The van der Waals surface area contributed by atoms with Crippen molar-refractivity contribution < 1.29 is 19.1 Å². The third kappa shape index (κ3) is 3.83. The van der Waals surface area contributed by atoms with Crippen molar-refractivity contribution in [1.29, 1.82) is 0 Å². The second-order valence-corrected chi connectivity index (χ2v) is 7.18. The first kappa shape index (κ1) is 19.0. The van der Waals surface area contributed by atoms with Gasteiger partial charge in [-0.1, -0.05) is 12.1 Å². The molecule has 2 aromatic rings. The summed E-state index contributed by atoms with van der Waals surface area (Å²) in [6, 6.07) is 11.0. The first-order valence-electron chi connectivity index (χ1n) is 8.49. The lowest BCUT2D eigenvalue weighted by Crippen LogP contribution is -2.18. The maximum atomic E-state index is 12.6. The summed E-state index contributed by atoms with van der Waals surface area (Å²) in [6.07, 6.45) is 1.70. The third-order valence-corrected chi connectivity index (χ3v) is 4.46. The predicted molar refractivity (Wildman–Crippen MR) is 106 cm³/mol. The summed E-state index contributed by atoms with van der Waals surface area (Å²) in [5.41, 5.74) is 2.95. The molecule has 1 aliphatic heterocycles. The van der Waals surface area contributed by atoms with Gasteiger partial charge < -0.3 is 14.4 Å². The van der Waals surface area contributed by atoms with Crippen LogP contribution in [0.25, 0.3) is 6.08 Å². The molecule has 0 amide bonds. The Morgan fingerprint density at radius 2 is 1.85 bits per heavy atom. The van der Waals surface area contributed by atoms with Crippen LogP contribution in [0.2, 0.25) is 0 Å². The highest BCUT2D eigenvalue weighted by Crippen LogP contribution is 2.39. The number of allylic oxidation sites excluding steroid dienone is 1. The molecule has 0 aromatic heterocycles. The molecular weight excluding hydrogens is 366 g/mol. The Labute approximate surface area is 163 Å². The highest BCUT2D eigenvalue weighted by Gasteiger charge is 2.30. The third-order valence-electron chi connectivity index (χ3n) is 4.28. The van der Waals surface area contributed by atoms with Crippen molar-refractivity contribution in [2.75, 3.05) is 19.0 Å². The molecule has 0 fully saturated rings. The van der Waals surface area contributed by atoms with Crippen LogP contribution < -0.4 is 14.4 Å². The van der Waals surface area contributed by atoms with Crippen molar-refractivity contribution in [2.24, 2.45) is 0 Å². The molecule has 0 spiro atoms. The number of carbonyl (C=O) groups is 2. The quantitative estimate of drug-likeness (QED) is 0.341. The first-order valence-corrected chi connectivity index (χ1v) is 8.92. The number of Topliss-reactive ketones (excluding diaryl/α,β-unsaturated/α-hetero) is 1. The maximum Gasteiger partial charge on any atom is 0.329 e. The molecule has 1 heterocycles. The van der Waals surface area contributed by atoms with Gasteiger partial charge in [0.25, 0.3) is 0 Å². The molecule has 1 atom stereocenters. The van der Waals surface area contributed by atoms with Gasteiger partial charge in [-0.3, -0.25) is 9.59 Å². The number of nitrogens with zero attached hydrogens (tertiary/aromatic N) is 1. The number of halogens is 1. The second-order valence-electron chi connectivity index (χ2n) is 6.53. The van der Waals surface area contributed by atoms with E-state index in [0.29, 0.717) is 22.6 Å². The number of benzene rings is 2. The average molecular weight is 386 g/mol. The zero-order valence-corrected chi connectivity index (χ0v) is 16.3. The Hall–Kier alpha value is -2.79. The van der Waals surface area contributed by atoms with Gasteiger partial charge >= 0.3 is 5.97 Å². The summed E-state index contributed by atoms with van der Waals surface area (Å²) in [6.45, 7) is 3.28. The van der Waals surface area contributed by atoms with Gasteiger partial charge in [-0.2, -0.15) is 0 Å². The van der Waals surface area contributed by atoms with Gasteiger partial charge in [0.2, 0.25) is 5.78 Å². The van der Waals surface area contributed by atoms with E-state index in [1.807, 2.05) is 43.3 Å². The van der Waals surface area contributed by atoms with E-state index in [1.54, 1.807) is 25.1 Å². The van der Waals surface area contributed by atoms with Crippen LogP contribution in [-0.2, 0) is 4.79 Å². The van der Waals surface area contributed by atoms with E-state index in [9.17, 15) is 9.59 Å². The SMILES string of the molecule is Cc1c(OC(=O)C(C)Cl)ccc2c1O/C(=C\c1ccc(N(C)C)cc1)C2=O. The Bertz CT molecular complexity index is 930. The van der Waals surface area contributed by atoms with Gasteiger partial charge in [-0.25, -0.2) is 0 Å². The number of rotatable bonds is 4. The highest BCUT2D eigenvalue weighted by molar-refractivity contribution is 6.29. The van der Waals surface area contributed by atoms with Gasteiger partial charge in [0, 0.05) is 25.3 Å². The molecule has 1 unspecified atom stereocenters. The van der Waals surface area contributed by atoms with Gasteiger partial charge in [0.1, 0.15) is 16.9 Å². The smallest absolute Gasteiger partial charge is 0.329 e. The van der Waals surface area contributed by atoms with Gasteiger partial charge in [-0.15, -0.1) is 11.6 Å². The molecule has 5 nitrogen and oxygen atoms in total. The lowest BCUT2D eigenvalue weighted by Gasteiger charge is -2.12. The molecular formula is C21H20ClNO4. The van der Waals surface area contributed by atoms with Crippen LogP contribution in [0, 0.1) is 6.92 Å². The van der Waals surface area contributed by atoms with Crippen molar-refractivity contribution >= 4 is 35.1 Å². The maximum absolute atomic E-state index is 12.6. The standard InChI is InChI=1S/C21H20ClNO4/c1-12-17(27-21(25)13(2)22)10-9-16-19(24)18(26-20(12)16)11-14-5-7-15(8-6-14)23(3)4/h5-11,13H,1-4H3/b18-11-. The van der Waals surface area contributed by atoms with Crippen molar-refractivity contribution in [3.8, 4) is 11.5 Å². The summed E-state index contributed by atoms with van der Waals surface area (Å²) in [7, 11) is 3.93. The van der Waals surface area contributed by atoms with E-state index in [4.69, 9.17) is 21.1 Å².